The van der Waals surface area contributed by atoms with Gasteiger partial charge >= 0.3 is 0 Å². The molecular weight excluding hydrogens is 234 g/mol. The topological polar surface area (TPSA) is 50.9 Å². The van der Waals surface area contributed by atoms with Crippen LogP contribution in [-0.4, -0.2) is 11.0 Å². The molecule has 2 atom stereocenters. The molecule has 1 aromatic carbocycles. The van der Waals surface area contributed by atoms with Gasteiger partial charge in [-0.25, -0.2) is 0 Å². The van der Waals surface area contributed by atoms with Crippen LogP contribution in [0, 0.1) is 11.8 Å². The first-order valence-electron chi connectivity index (χ1n) is 6.92. The van der Waals surface area contributed by atoms with E-state index < -0.39 is 0 Å². The van der Waals surface area contributed by atoms with E-state index in [2.05, 4.69) is 50.5 Å². The van der Waals surface area contributed by atoms with E-state index in [1.54, 1.807) is 0 Å². The van der Waals surface area contributed by atoms with E-state index in [1.807, 2.05) is 12.1 Å². The molecule has 1 aromatic heterocycles. The number of aromatic nitrogens is 1. The summed E-state index contributed by atoms with van der Waals surface area (Å²) in [5.41, 5.74) is 5.08. The van der Waals surface area contributed by atoms with Gasteiger partial charge in [0.25, 0.3) is 0 Å². The SMILES string of the molecule is CC(C)C(C)C(Cc1ccc2ccccc2n1)NN. The quantitative estimate of drug-likeness (QED) is 0.639. The minimum atomic E-state index is 0.258. The highest BCUT2D eigenvalue weighted by molar-refractivity contribution is 5.78. The molecule has 2 rings (SSSR count). The zero-order valence-electron chi connectivity index (χ0n) is 11.9. The average Bonchev–Trinajstić information content (AvgIpc) is 2.43. The number of rotatable bonds is 5. The average molecular weight is 257 g/mol. The summed E-state index contributed by atoms with van der Waals surface area (Å²) in [6.07, 6.45) is 0.862. The Kier molecular flexibility index (Phi) is 4.51. The second kappa shape index (κ2) is 6.13. The Morgan fingerprint density at radius 3 is 2.53 bits per heavy atom. The lowest BCUT2D eigenvalue weighted by molar-refractivity contribution is 0.298. The minimum Gasteiger partial charge on any atom is -0.271 e. The van der Waals surface area contributed by atoms with Gasteiger partial charge in [-0.1, -0.05) is 45.0 Å². The van der Waals surface area contributed by atoms with Gasteiger partial charge < -0.3 is 0 Å². The maximum absolute atomic E-state index is 5.69. The number of nitrogens with one attached hydrogen (secondary N) is 1. The Bertz CT molecular complexity index is 536. The fourth-order valence-electron chi connectivity index (χ4n) is 2.31. The Balaban J connectivity index is 2.19. The summed E-state index contributed by atoms with van der Waals surface area (Å²) >= 11 is 0. The number of nitrogens with two attached hydrogens (primary N) is 1. The molecule has 3 nitrogen and oxygen atoms in total. The monoisotopic (exact) mass is 257 g/mol. The van der Waals surface area contributed by atoms with Crippen LogP contribution in [0.3, 0.4) is 0 Å². The molecule has 19 heavy (non-hydrogen) atoms. The summed E-state index contributed by atoms with van der Waals surface area (Å²) in [7, 11) is 0. The van der Waals surface area contributed by atoms with Crippen LogP contribution in [0.1, 0.15) is 26.5 Å². The first kappa shape index (κ1) is 14.0. The second-order valence-corrected chi connectivity index (χ2v) is 5.58. The van der Waals surface area contributed by atoms with E-state index in [4.69, 9.17) is 10.8 Å². The van der Waals surface area contributed by atoms with Gasteiger partial charge in [0.15, 0.2) is 0 Å². The number of hydrogen-bond donors (Lipinski definition) is 2. The minimum absolute atomic E-state index is 0.258. The molecule has 0 aliphatic rings. The third kappa shape index (κ3) is 3.31. The molecule has 3 N–H and O–H groups in total. The van der Waals surface area contributed by atoms with Crippen molar-refractivity contribution in [1.82, 2.24) is 10.4 Å². The van der Waals surface area contributed by atoms with E-state index in [0.29, 0.717) is 11.8 Å². The predicted octanol–water partition coefficient (Wildman–Crippen LogP) is 2.90. The molecule has 2 unspecified atom stereocenters. The van der Waals surface area contributed by atoms with Gasteiger partial charge in [0.1, 0.15) is 0 Å². The maximum Gasteiger partial charge on any atom is 0.0705 e. The van der Waals surface area contributed by atoms with Crippen LogP contribution in [-0.2, 0) is 6.42 Å². The summed E-state index contributed by atoms with van der Waals surface area (Å²) in [5.74, 6) is 6.81. The van der Waals surface area contributed by atoms with Crippen LogP contribution in [0.15, 0.2) is 36.4 Å². The molecule has 2 aromatic rings. The van der Waals surface area contributed by atoms with Gasteiger partial charge in [0.05, 0.1) is 5.52 Å². The molecule has 0 aliphatic carbocycles. The van der Waals surface area contributed by atoms with Crippen LogP contribution in [0.25, 0.3) is 10.9 Å². The molecule has 0 saturated heterocycles. The lowest BCUT2D eigenvalue weighted by Crippen LogP contribution is -2.43. The van der Waals surface area contributed by atoms with Gasteiger partial charge in [0, 0.05) is 23.5 Å². The Morgan fingerprint density at radius 1 is 1.11 bits per heavy atom. The van der Waals surface area contributed by atoms with E-state index in [-0.39, 0.29) is 6.04 Å². The highest BCUT2D eigenvalue weighted by Gasteiger charge is 2.19. The smallest absolute Gasteiger partial charge is 0.0705 e. The number of hydrazine groups is 1. The number of para-hydroxylation sites is 1. The molecule has 3 heteroatoms. The molecule has 1 heterocycles. The number of fused-ring (bicyclic) bond motifs is 1. The summed E-state index contributed by atoms with van der Waals surface area (Å²) in [4.78, 5) is 4.71. The molecule has 0 spiro atoms. The molecule has 102 valence electrons. The van der Waals surface area contributed by atoms with Gasteiger partial charge in [-0.3, -0.25) is 16.3 Å². The van der Waals surface area contributed by atoms with E-state index >= 15 is 0 Å². The van der Waals surface area contributed by atoms with Crippen molar-refractivity contribution in [2.24, 2.45) is 17.7 Å². The summed E-state index contributed by atoms with van der Waals surface area (Å²) in [6.45, 7) is 6.68. The highest BCUT2D eigenvalue weighted by atomic mass is 15.2. The fourth-order valence-corrected chi connectivity index (χ4v) is 2.31. The zero-order valence-corrected chi connectivity index (χ0v) is 11.9. The second-order valence-electron chi connectivity index (χ2n) is 5.58. The van der Waals surface area contributed by atoms with Crippen molar-refractivity contribution < 1.29 is 0 Å². The summed E-state index contributed by atoms with van der Waals surface area (Å²) in [6, 6.07) is 12.7. The van der Waals surface area contributed by atoms with Crippen molar-refractivity contribution in [1.29, 1.82) is 0 Å². The standard InChI is InChI=1S/C16H23N3/c1-11(2)12(3)16(19-17)10-14-9-8-13-6-4-5-7-15(13)18-14/h4-9,11-12,16,19H,10,17H2,1-3H3. The van der Waals surface area contributed by atoms with Crippen LogP contribution in [0.4, 0.5) is 0 Å². The van der Waals surface area contributed by atoms with E-state index in [1.165, 1.54) is 5.39 Å². The van der Waals surface area contributed by atoms with E-state index in [9.17, 15) is 0 Å². The number of benzene rings is 1. The highest BCUT2D eigenvalue weighted by Crippen LogP contribution is 2.18. The van der Waals surface area contributed by atoms with Gasteiger partial charge in [0.2, 0.25) is 0 Å². The molecule has 0 radical (unpaired) electrons. The Morgan fingerprint density at radius 2 is 1.84 bits per heavy atom. The zero-order chi connectivity index (χ0) is 13.8. The fraction of sp³-hybridized carbons (Fsp3) is 0.438. The van der Waals surface area contributed by atoms with E-state index in [0.717, 1.165) is 17.6 Å². The van der Waals surface area contributed by atoms with Crippen molar-refractivity contribution >= 4 is 10.9 Å². The van der Waals surface area contributed by atoms with Crippen molar-refractivity contribution in [3.63, 3.8) is 0 Å². The lowest BCUT2D eigenvalue weighted by atomic mass is 9.88. The maximum atomic E-state index is 5.69. The normalized spacial score (nSPS) is 14.8. The van der Waals surface area contributed by atoms with Gasteiger partial charge in [-0.15, -0.1) is 0 Å². The third-order valence-corrected chi connectivity index (χ3v) is 3.99. The molecule has 0 fully saturated rings. The summed E-state index contributed by atoms with van der Waals surface area (Å²) in [5, 5.41) is 1.18. The predicted molar refractivity (Wildman–Crippen MR) is 80.6 cm³/mol. The number of hydrogen-bond acceptors (Lipinski definition) is 3. The largest absolute Gasteiger partial charge is 0.271 e. The first-order valence-corrected chi connectivity index (χ1v) is 6.92. The van der Waals surface area contributed by atoms with Gasteiger partial charge in [-0.2, -0.15) is 0 Å². The van der Waals surface area contributed by atoms with Crippen LogP contribution < -0.4 is 11.3 Å². The Hall–Kier alpha value is -1.45. The van der Waals surface area contributed by atoms with Crippen LogP contribution >= 0.6 is 0 Å². The summed E-state index contributed by atoms with van der Waals surface area (Å²) < 4.78 is 0. The Labute approximate surface area is 115 Å². The van der Waals surface area contributed by atoms with Crippen molar-refractivity contribution in [2.45, 2.75) is 33.2 Å². The molecule has 0 bridgehead atoms. The lowest BCUT2D eigenvalue weighted by Gasteiger charge is -2.26. The first-order chi connectivity index (χ1) is 9.11. The molecule has 0 aliphatic heterocycles. The molecular formula is C16H23N3. The van der Waals surface area contributed by atoms with Crippen molar-refractivity contribution in [3.8, 4) is 0 Å². The van der Waals surface area contributed by atoms with Crippen LogP contribution in [0.5, 0.6) is 0 Å². The molecule has 0 amide bonds. The molecule has 0 saturated carbocycles. The third-order valence-electron chi connectivity index (χ3n) is 3.99. The van der Waals surface area contributed by atoms with Crippen LogP contribution in [0.2, 0.25) is 0 Å². The number of pyridine rings is 1. The number of nitrogens with zero attached hydrogens (tertiary/aromatic N) is 1. The van der Waals surface area contributed by atoms with Gasteiger partial charge in [-0.05, 0) is 24.0 Å². The van der Waals surface area contributed by atoms with Crippen molar-refractivity contribution in [2.75, 3.05) is 0 Å². The van der Waals surface area contributed by atoms with Crippen molar-refractivity contribution in [3.05, 3.63) is 42.1 Å².